The van der Waals surface area contributed by atoms with Crippen LogP contribution in [0, 0.1) is 5.82 Å². The standard InChI is InChI=1S/C10H9FN2OS/c1-6(14)13(2)10-12-8-4-3-7(11)5-9(8)15-10/h3-5H,1-2H3. The summed E-state index contributed by atoms with van der Waals surface area (Å²) in [6, 6.07) is 4.39. The van der Waals surface area contributed by atoms with Gasteiger partial charge in [0.05, 0.1) is 10.2 Å². The van der Waals surface area contributed by atoms with Crippen LogP contribution >= 0.6 is 11.3 Å². The Morgan fingerprint density at radius 1 is 1.53 bits per heavy atom. The molecule has 1 aromatic carbocycles. The molecule has 0 unspecified atom stereocenters. The zero-order valence-electron chi connectivity index (χ0n) is 8.32. The van der Waals surface area contributed by atoms with Gasteiger partial charge in [-0.2, -0.15) is 0 Å². The van der Waals surface area contributed by atoms with Crippen molar-refractivity contribution in [2.75, 3.05) is 11.9 Å². The number of carbonyl (C=O) groups excluding carboxylic acids is 1. The zero-order valence-corrected chi connectivity index (χ0v) is 9.14. The summed E-state index contributed by atoms with van der Waals surface area (Å²) >= 11 is 1.30. The maximum absolute atomic E-state index is 12.9. The van der Waals surface area contributed by atoms with Gasteiger partial charge in [0.2, 0.25) is 5.91 Å². The number of anilines is 1. The van der Waals surface area contributed by atoms with Gasteiger partial charge < -0.3 is 0 Å². The van der Waals surface area contributed by atoms with Crippen LogP contribution < -0.4 is 4.90 Å². The predicted molar refractivity (Wildman–Crippen MR) is 58.7 cm³/mol. The number of hydrogen-bond acceptors (Lipinski definition) is 3. The van der Waals surface area contributed by atoms with Crippen LogP contribution in [0.5, 0.6) is 0 Å². The molecule has 0 spiro atoms. The fourth-order valence-corrected chi connectivity index (χ4v) is 2.16. The van der Waals surface area contributed by atoms with E-state index in [2.05, 4.69) is 4.98 Å². The van der Waals surface area contributed by atoms with Crippen molar-refractivity contribution in [3.63, 3.8) is 0 Å². The van der Waals surface area contributed by atoms with Crippen LogP contribution in [0.4, 0.5) is 9.52 Å². The van der Waals surface area contributed by atoms with Crippen molar-refractivity contribution >= 4 is 32.6 Å². The van der Waals surface area contributed by atoms with E-state index in [0.717, 1.165) is 4.70 Å². The van der Waals surface area contributed by atoms with Crippen LogP contribution in [0.1, 0.15) is 6.92 Å². The van der Waals surface area contributed by atoms with Gasteiger partial charge in [-0.1, -0.05) is 11.3 Å². The topological polar surface area (TPSA) is 33.2 Å². The van der Waals surface area contributed by atoms with Gasteiger partial charge in [0, 0.05) is 14.0 Å². The minimum Gasteiger partial charge on any atom is -0.291 e. The van der Waals surface area contributed by atoms with Gasteiger partial charge >= 0.3 is 0 Å². The molecule has 1 aromatic heterocycles. The fourth-order valence-electron chi connectivity index (χ4n) is 1.16. The van der Waals surface area contributed by atoms with Crippen molar-refractivity contribution in [1.29, 1.82) is 0 Å². The molecule has 2 rings (SSSR count). The van der Waals surface area contributed by atoms with E-state index in [1.54, 1.807) is 13.1 Å². The number of nitrogens with zero attached hydrogens (tertiary/aromatic N) is 2. The van der Waals surface area contributed by atoms with E-state index >= 15 is 0 Å². The minimum absolute atomic E-state index is 0.0884. The number of rotatable bonds is 1. The molecular formula is C10H9FN2OS. The van der Waals surface area contributed by atoms with Crippen LogP contribution in [-0.4, -0.2) is 17.9 Å². The summed E-state index contributed by atoms with van der Waals surface area (Å²) in [6.45, 7) is 1.46. The van der Waals surface area contributed by atoms with E-state index in [1.165, 1.54) is 35.3 Å². The van der Waals surface area contributed by atoms with E-state index in [4.69, 9.17) is 0 Å². The molecule has 0 aliphatic carbocycles. The van der Waals surface area contributed by atoms with Gasteiger partial charge in [0.15, 0.2) is 5.13 Å². The molecular weight excluding hydrogens is 215 g/mol. The highest BCUT2D eigenvalue weighted by Gasteiger charge is 2.11. The van der Waals surface area contributed by atoms with Crippen molar-refractivity contribution in [1.82, 2.24) is 4.98 Å². The minimum atomic E-state index is -0.289. The second-order valence-electron chi connectivity index (χ2n) is 3.19. The molecule has 0 N–H and O–H groups in total. The first-order valence-electron chi connectivity index (χ1n) is 4.38. The molecule has 3 nitrogen and oxygen atoms in total. The Morgan fingerprint density at radius 2 is 2.27 bits per heavy atom. The van der Waals surface area contributed by atoms with E-state index in [9.17, 15) is 9.18 Å². The lowest BCUT2D eigenvalue weighted by molar-refractivity contribution is -0.116. The van der Waals surface area contributed by atoms with Crippen molar-refractivity contribution < 1.29 is 9.18 Å². The molecule has 15 heavy (non-hydrogen) atoms. The van der Waals surface area contributed by atoms with Gasteiger partial charge in [-0.25, -0.2) is 9.37 Å². The van der Waals surface area contributed by atoms with E-state index in [1.807, 2.05) is 0 Å². The van der Waals surface area contributed by atoms with Gasteiger partial charge in [-0.15, -0.1) is 0 Å². The van der Waals surface area contributed by atoms with Crippen molar-refractivity contribution in [2.24, 2.45) is 0 Å². The molecule has 0 aliphatic rings. The van der Waals surface area contributed by atoms with Gasteiger partial charge in [0.1, 0.15) is 5.82 Å². The number of hydrogen-bond donors (Lipinski definition) is 0. The molecule has 0 aliphatic heterocycles. The predicted octanol–water partition coefficient (Wildman–Crippen LogP) is 2.42. The Morgan fingerprint density at radius 3 is 2.93 bits per heavy atom. The van der Waals surface area contributed by atoms with Crippen LogP contribution in [0.25, 0.3) is 10.2 Å². The summed E-state index contributed by atoms with van der Waals surface area (Å²) in [5.74, 6) is -0.377. The highest BCUT2D eigenvalue weighted by molar-refractivity contribution is 7.22. The lowest BCUT2D eigenvalue weighted by Crippen LogP contribution is -2.22. The largest absolute Gasteiger partial charge is 0.291 e. The first kappa shape index (κ1) is 10.0. The number of carbonyl (C=O) groups is 1. The molecule has 0 saturated heterocycles. The summed E-state index contributed by atoms with van der Waals surface area (Å²) in [6.07, 6.45) is 0. The van der Waals surface area contributed by atoms with Crippen LogP contribution in [-0.2, 0) is 4.79 Å². The Balaban J connectivity index is 2.51. The third-order valence-electron chi connectivity index (χ3n) is 2.10. The zero-order chi connectivity index (χ0) is 11.0. The molecule has 2 aromatic rings. The highest BCUT2D eigenvalue weighted by atomic mass is 32.1. The maximum Gasteiger partial charge on any atom is 0.225 e. The van der Waals surface area contributed by atoms with Crippen LogP contribution in [0.3, 0.4) is 0 Å². The number of amides is 1. The molecule has 0 bridgehead atoms. The van der Waals surface area contributed by atoms with Gasteiger partial charge in [0.25, 0.3) is 0 Å². The summed E-state index contributed by atoms with van der Waals surface area (Å²) in [7, 11) is 1.65. The molecule has 1 amide bonds. The van der Waals surface area contributed by atoms with Crippen LogP contribution in [0.2, 0.25) is 0 Å². The Kier molecular flexibility index (Phi) is 2.40. The third kappa shape index (κ3) is 1.83. The summed E-state index contributed by atoms with van der Waals surface area (Å²) in [4.78, 5) is 16.8. The van der Waals surface area contributed by atoms with Crippen LogP contribution in [0.15, 0.2) is 18.2 Å². The monoisotopic (exact) mass is 224 g/mol. The average molecular weight is 224 g/mol. The number of aromatic nitrogens is 1. The average Bonchev–Trinajstić information content (AvgIpc) is 2.58. The van der Waals surface area contributed by atoms with E-state index < -0.39 is 0 Å². The van der Waals surface area contributed by atoms with Crippen molar-refractivity contribution in [3.8, 4) is 0 Å². The molecule has 5 heteroatoms. The van der Waals surface area contributed by atoms with Crippen molar-refractivity contribution in [2.45, 2.75) is 6.92 Å². The lowest BCUT2D eigenvalue weighted by atomic mass is 10.3. The van der Waals surface area contributed by atoms with Gasteiger partial charge in [-0.3, -0.25) is 9.69 Å². The molecule has 78 valence electrons. The summed E-state index contributed by atoms with van der Waals surface area (Å²) in [5, 5.41) is 0.586. The van der Waals surface area contributed by atoms with E-state index in [0.29, 0.717) is 10.6 Å². The van der Waals surface area contributed by atoms with E-state index in [-0.39, 0.29) is 11.7 Å². The first-order chi connectivity index (χ1) is 7.08. The fraction of sp³-hybridized carbons (Fsp3) is 0.200. The second-order valence-corrected chi connectivity index (χ2v) is 4.20. The number of thiazole rings is 1. The molecule has 1 heterocycles. The van der Waals surface area contributed by atoms with Crippen molar-refractivity contribution in [3.05, 3.63) is 24.0 Å². The Bertz CT molecular complexity index is 523. The first-order valence-corrected chi connectivity index (χ1v) is 5.20. The number of fused-ring (bicyclic) bond motifs is 1. The summed E-state index contributed by atoms with van der Waals surface area (Å²) < 4.78 is 13.7. The Labute approximate surface area is 90.2 Å². The summed E-state index contributed by atoms with van der Waals surface area (Å²) in [5.41, 5.74) is 0.713. The quantitative estimate of drug-likeness (QED) is 0.745. The number of benzene rings is 1. The normalized spacial score (nSPS) is 10.6. The molecule has 0 atom stereocenters. The maximum atomic E-state index is 12.9. The van der Waals surface area contributed by atoms with Gasteiger partial charge in [-0.05, 0) is 18.2 Å². The number of halogens is 1. The second kappa shape index (κ2) is 3.58. The lowest BCUT2D eigenvalue weighted by Gasteiger charge is -2.08. The smallest absolute Gasteiger partial charge is 0.225 e. The molecule has 0 radical (unpaired) electrons. The molecule has 0 fully saturated rings. The highest BCUT2D eigenvalue weighted by Crippen LogP contribution is 2.28. The third-order valence-corrected chi connectivity index (χ3v) is 3.19. The Hall–Kier alpha value is -1.49. The molecule has 0 saturated carbocycles. The SMILES string of the molecule is CC(=O)N(C)c1nc2ccc(F)cc2s1.